The van der Waals surface area contributed by atoms with Gasteiger partial charge >= 0.3 is 0 Å². The summed E-state index contributed by atoms with van der Waals surface area (Å²) >= 11 is 0. The number of hydrogen-bond acceptors (Lipinski definition) is 7. The van der Waals surface area contributed by atoms with Gasteiger partial charge in [-0.25, -0.2) is 5.90 Å². The molecular weight excluding hydrogens is 248 g/mol. The highest BCUT2D eigenvalue weighted by molar-refractivity contribution is 5.77. The Kier molecular flexibility index (Phi) is 4.43. The normalized spacial score (nSPS) is 10.2. The van der Waals surface area contributed by atoms with Gasteiger partial charge in [0.05, 0.1) is 0 Å². The van der Waals surface area contributed by atoms with Crippen LogP contribution in [-0.2, 0) is 16.2 Å². The minimum absolute atomic E-state index is 0.159. The van der Waals surface area contributed by atoms with E-state index in [1.807, 2.05) is 24.3 Å². The van der Waals surface area contributed by atoms with E-state index in [0.29, 0.717) is 12.4 Å². The van der Waals surface area contributed by atoms with E-state index in [9.17, 15) is 4.79 Å². The van der Waals surface area contributed by atoms with Crippen molar-refractivity contribution in [3.05, 3.63) is 36.2 Å². The second-order valence-corrected chi connectivity index (χ2v) is 3.65. The Bertz CT molecular complexity index is 531. The van der Waals surface area contributed by atoms with Gasteiger partial charge < -0.3 is 5.32 Å². The van der Waals surface area contributed by atoms with Crippen molar-refractivity contribution in [2.24, 2.45) is 5.90 Å². The van der Waals surface area contributed by atoms with Gasteiger partial charge in [0.25, 0.3) is 0 Å². The minimum Gasteiger partial charge on any atom is -0.350 e. The fourth-order valence-electron chi connectivity index (χ4n) is 1.42. The molecule has 1 heterocycles. The van der Waals surface area contributed by atoms with Crippen molar-refractivity contribution in [1.82, 2.24) is 25.7 Å². The summed E-state index contributed by atoms with van der Waals surface area (Å²) in [6.45, 7) is 0.238. The van der Waals surface area contributed by atoms with E-state index in [2.05, 4.69) is 30.5 Å². The van der Waals surface area contributed by atoms with Crippen molar-refractivity contribution in [1.29, 1.82) is 0 Å². The first kappa shape index (κ1) is 13.0. The molecule has 0 fully saturated rings. The third-order valence-corrected chi connectivity index (χ3v) is 2.32. The molecule has 2 aromatic rings. The van der Waals surface area contributed by atoms with Gasteiger partial charge in [0, 0.05) is 12.1 Å². The molecule has 98 valence electrons. The Hall–Kier alpha value is -2.45. The van der Waals surface area contributed by atoms with Crippen LogP contribution in [0, 0.1) is 0 Å². The molecular formula is C11H12N6O2. The molecule has 1 aromatic heterocycles. The van der Waals surface area contributed by atoms with Gasteiger partial charge in [-0.1, -0.05) is 24.3 Å². The molecule has 0 unspecified atom stereocenters. The number of aromatic nitrogens is 4. The van der Waals surface area contributed by atoms with Crippen molar-refractivity contribution in [3.8, 4) is 11.4 Å². The van der Waals surface area contributed by atoms with Crippen molar-refractivity contribution >= 4 is 5.91 Å². The van der Waals surface area contributed by atoms with Crippen LogP contribution in [0.15, 0.2) is 30.6 Å². The molecule has 0 aliphatic heterocycles. The summed E-state index contributed by atoms with van der Waals surface area (Å²) < 4.78 is 0. The molecule has 0 aliphatic carbocycles. The molecule has 3 N–H and O–H groups in total. The predicted octanol–water partition coefficient (Wildman–Crippen LogP) is -0.560. The van der Waals surface area contributed by atoms with Gasteiger partial charge in [0.2, 0.25) is 11.7 Å². The van der Waals surface area contributed by atoms with Crippen LogP contribution in [0.5, 0.6) is 0 Å². The van der Waals surface area contributed by atoms with Crippen LogP contribution < -0.4 is 11.2 Å². The first-order valence-corrected chi connectivity index (χ1v) is 5.47. The highest BCUT2D eigenvalue weighted by atomic mass is 16.6. The van der Waals surface area contributed by atoms with Gasteiger partial charge in [0.1, 0.15) is 6.61 Å². The second kappa shape index (κ2) is 6.47. The van der Waals surface area contributed by atoms with Gasteiger partial charge in [-0.3, -0.25) is 9.63 Å². The molecule has 0 saturated heterocycles. The number of rotatable bonds is 5. The topological polar surface area (TPSA) is 116 Å². The number of hydrogen-bond donors (Lipinski definition) is 2. The largest absolute Gasteiger partial charge is 0.350 e. The lowest BCUT2D eigenvalue weighted by Crippen LogP contribution is -2.28. The number of nitrogens with two attached hydrogens (primary N) is 1. The summed E-state index contributed by atoms with van der Waals surface area (Å²) in [7, 11) is 0. The van der Waals surface area contributed by atoms with Crippen LogP contribution in [0.3, 0.4) is 0 Å². The van der Waals surface area contributed by atoms with Crippen molar-refractivity contribution in [2.75, 3.05) is 6.61 Å². The first-order chi connectivity index (χ1) is 9.29. The van der Waals surface area contributed by atoms with E-state index >= 15 is 0 Å². The Morgan fingerprint density at radius 2 is 1.89 bits per heavy atom. The molecule has 1 aromatic carbocycles. The first-order valence-electron chi connectivity index (χ1n) is 5.47. The van der Waals surface area contributed by atoms with Crippen molar-refractivity contribution in [2.45, 2.75) is 6.54 Å². The summed E-state index contributed by atoms with van der Waals surface area (Å²) in [5.74, 6) is 4.98. The molecule has 8 nitrogen and oxygen atoms in total. The lowest BCUT2D eigenvalue weighted by atomic mass is 10.1. The molecule has 2 rings (SSSR count). The molecule has 0 radical (unpaired) electrons. The average molecular weight is 260 g/mol. The lowest BCUT2D eigenvalue weighted by Gasteiger charge is -2.05. The maximum absolute atomic E-state index is 11.2. The van der Waals surface area contributed by atoms with Gasteiger partial charge in [-0.2, -0.15) is 0 Å². The van der Waals surface area contributed by atoms with Crippen LogP contribution in [0.25, 0.3) is 11.4 Å². The Balaban J connectivity index is 1.97. The molecule has 0 aliphatic rings. The fourth-order valence-corrected chi connectivity index (χ4v) is 1.42. The summed E-state index contributed by atoms with van der Waals surface area (Å²) in [4.78, 5) is 15.4. The average Bonchev–Trinajstić information content (AvgIpc) is 2.47. The molecule has 8 heteroatoms. The van der Waals surface area contributed by atoms with Gasteiger partial charge in [0.15, 0.2) is 6.33 Å². The second-order valence-electron chi connectivity index (χ2n) is 3.65. The third kappa shape index (κ3) is 3.76. The van der Waals surface area contributed by atoms with Crippen LogP contribution >= 0.6 is 0 Å². The molecule has 0 saturated carbocycles. The van der Waals surface area contributed by atoms with Crippen molar-refractivity contribution in [3.63, 3.8) is 0 Å². The SMILES string of the molecule is NOCC(=O)NCc1ccc(-c2nncnn2)cc1. The minimum atomic E-state index is -0.272. The summed E-state index contributed by atoms with van der Waals surface area (Å²) in [6, 6.07) is 7.38. The van der Waals surface area contributed by atoms with Gasteiger partial charge in [-0.15, -0.1) is 20.4 Å². The van der Waals surface area contributed by atoms with E-state index < -0.39 is 0 Å². The molecule has 0 bridgehead atoms. The zero-order valence-corrected chi connectivity index (χ0v) is 9.98. The highest BCUT2D eigenvalue weighted by Crippen LogP contribution is 2.13. The van der Waals surface area contributed by atoms with E-state index in [4.69, 9.17) is 5.90 Å². The summed E-state index contributed by atoms with van der Waals surface area (Å²) in [5.41, 5.74) is 1.74. The van der Waals surface area contributed by atoms with E-state index in [1.54, 1.807) is 0 Å². The summed E-state index contributed by atoms with van der Waals surface area (Å²) in [6.07, 6.45) is 1.27. The molecule has 0 spiro atoms. The monoisotopic (exact) mass is 260 g/mol. The predicted molar refractivity (Wildman–Crippen MR) is 65.0 cm³/mol. The quantitative estimate of drug-likeness (QED) is 0.692. The lowest BCUT2D eigenvalue weighted by molar-refractivity contribution is -0.125. The number of carbonyl (C=O) groups is 1. The van der Waals surface area contributed by atoms with Crippen LogP contribution in [0.4, 0.5) is 0 Å². The summed E-state index contributed by atoms with van der Waals surface area (Å²) in [5, 5.41) is 17.7. The standard InChI is InChI=1S/C11H12N6O2/c12-19-6-10(18)13-5-8-1-3-9(4-2-8)11-16-14-7-15-17-11/h1-4,7H,5-6,12H2,(H,13,18). The van der Waals surface area contributed by atoms with Gasteiger partial charge in [-0.05, 0) is 5.56 Å². The Morgan fingerprint density at radius 3 is 2.53 bits per heavy atom. The number of nitrogens with zero attached hydrogens (tertiary/aromatic N) is 4. The maximum Gasteiger partial charge on any atom is 0.248 e. The number of benzene rings is 1. The van der Waals surface area contributed by atoms with Crippen LogP contribution in [-0.4, -0.2) is 32.9 Å². The van der Waals surface area contributed by atoms with Crippen LogP contribution in [0.2, 0.25) is 0 Å². The number of carbonyl (C=O) groups excluding carboxylic acids is 1. The van der Waals surface area contributed by atoms with E-state index in [0.717, 1.165) is 11.1 Å². The highest BCUT2D eigenvalue weighted by Gasteiger charge is 2.03. The third-order valence-electron chi connectivity index (χ3n) is 2.32. The van der Waals surface area contributed by atoms with E-state index in [-0.39, 0.29) is 12.5 Å². The Labute approximate surface area is 109 Å². The van der Waals surface area contributed by atoms with Crippen LogP contribution in [0.1, 0.15) is 5.56 Å². The fraction of sp³-hybridized carbons (Fsp3) is 0.182. The number of amides is 1. The Morgan fingerprint density at radius 1 is 1.21 bits per heavy atom. The molecule has 1 amide bonds. The zero-order valence-electron chi connectivity index (χ0n) is 9.98. The number of nitrogens with one attached hydrogen (secondary N) is 1. The smallest absolute Gasteiger partial charge is 0.248 e. The molecule has 19 heavy (non-hydrogen) atoms. The zero-order chi connectivity index (χ0) is 13.5. The van der Waals surface area contributed by atoms with E-state index in [1.165, 1.54) is 6.33 Å². The maximum atomic E-state index is 11.2. The molecule has 0 atom stereocenters. The van der Waals surface area contributed by atoms with Crippen molar-refractivity contribution < 1.29 is 9.63 Å².